The molecule has 0 radical (unpaired) electrons. The van der Waals surface area contributed by atoms with Crippen LogP contribution in [0.1, 0.15) is 50.2 Å². The summed E-state index contributed by atoms with van der Waals surface area (Å²) in [6, 6.07) is 9.19. The van der Waals surface area contributed by atoms with Gasteiger partial charge in [-0.15, -0.1) is 11.6 Å². The molecule has 3 fully saturated rings. The highest BCUT2D eigenvalue weighted by Crippen LogP contribution is 2.73. The lowest BCUT2D eigenvalue weighted by atomic mass is 9.34. The molecule has 1 aromatic carbocycles. The van der Waals surface area contributed by atoms with Crippen LogP contribution >= 0.6 is 11.6 Å². The number of rotatable bonds is 3. The average Bonchev–Trinajstić information content (AvgIpc) is 2.15. The lowest BCUT2D eigenvalue weighted by molar-refractivity contribution is -0.122. The SMILES string of the molecule is CC(C)c1cccc(C23CC(CCl)(C2)C3)c1. The van der Waals surface area contributed by atoms with E-state index in [1.165, 1.54) is 24.8 Å². The van der Waals surface area contributed by atoms with E-state index in [9.17, 15) is 0 Å². The van der Waals surface area contributed by atoms with E-state index in [2.05, 4.69) is 38.1 Å². The van der Waals surface area contributed by atoms with Crippen molar-refractivity contribution >= 4 is 11.6 Å². The maximum Gasteiger partial charge on any atom is 0.0280 e. The van der Waals surface area contributed by atoms with Crippen molar-refractivity contribution in [1.29, 1.82) is 0 Å². The van der Waals surface area contributed by atoms with Crippen molar-refractivity contribution in [3.8, 4) is 0 Å². The molecule has 3 aliphatic carbocycles. The van der Waals surface area contributed by atoms with Crippen molar-refractivity contribution in [2.24, 2.45) is 5.41 Å². The summed E-state index contributed by atoms with van der Waals surface area (Å²) < 4.78 is 0. The maximum absolute atomic E-state index is 6.01. The number of alkyl halides is 1. The van der Waals surface area contributed by atoms with Crippen LogP contribution in [0.2, 0.25) is 0 Å². The Bertz CT molecular complexity index is 399. The number of hydrogen-bond acceptors (Lipinski definition) is 0. The molecule has 0 N–H and O–H groups in total. The van der Waals surface area contributed by atoms with Gasteiger partial charge in [0.05, 0.1) is 0 Å². The molecule has 4 rings (SSSR count). The number of benzene rings is 1. The lowest BCUT2D eigenvalue weighted by Crippen LogP contribution is -2.65. The first kappa shape index (κ1) is 10.7. The number of halogens is 1. The van der Waals surface area contributed by atoms with Crippen LogP contribution < -0.4 is 0 Å². The van der Waals surface area contributed by atoms with Gasteiger partial charge in [0.25, 0.3) is 0 Å². The van der Waals surface area contributed by atoms with Gasteiger partial charge < -0.3 is 0 Å². The van der Waals surface area contributed by atoms with Crippen LogP contribution in [0.15, 0.2) is 24.3 Å². The smallest absolute Gasteiger partial charge is 0.0280 e. The zero-order valence-corrected chi connectivity index (χ0v) is 10.8. The molecule has 0 nitrogen and oxygen atoms in total. The molecule has 0 unspecified atom stereocenters. The van der Waals surface area contributed by atoms with Crippen LogP contribution in [0.4, 0.5) is 0 Å². The fraction of sp³-hybridized carbons (Fsp3) is 0.600. The zero-order valence-electron chi connectivity index (χ0n) is 10.1. The molecule has 2 bridgehead atoms. The van der Waals surface area contributed by atoms with E-state index >= 15 is 0 Å². The summed E-state index contributed by atoms with van der Waals surface area (Å²) in [5, 5.41) is 0. The summed E-state index contributed by atoms with van der Waals surface area (Å²) in [5.41, 5.74) is 4.07. The Hall–Kier alpha value is -0.490. The molecule has 16 heavy (non-hydrogen) atoms. The molecule has 1 aromatic rings. The average molecular weight is 235 g/mol. The molecule has 86 valence electrons. The topological polar surface area (TPSA) is 0 Å². The quantitative estimate of drug-likeness (QED) is 0.677. The maximum atomic E-state index is 6.01. The first-order valence-corrected chi connectivity index (χ1v) is 6.79. The van der Waals surface area contributed by atoms with Gasteiger partial charge in [-0.1, -0.05) is 38.1 Å². The molecule has 0 saturated heterocycles. The predicted octanol–water partition coefficient (Wildman–Crippen LogP) is 4.47. The Kier molecular flexibility index (Phi) is 2.17. The fourth-order valence-corrected chi connectivity index (χ4v) is 3.96. The van der Waals surface area contributed by atoms with Gasteiger partial charge in [-0.05, 0) is 47.1 Å². The molecule has 0 spiro atoms. The van der Waals surface area contributed by atoms with E-state index in [0.717, 1.165) is 5.88 Å². The Morgan fingerprint density at radius 1 is 1.25 bits per heavy atom. The van der Waals surface area contributed by atoms with Crippen molar-refractivity contribution < 1.29 is 0 Å². The molecule has 3 aliphatic rings. The van der Waals surface area contributed by atoms with Crippen LogP contribution in [0, 0.1) is 5.41 Å². The summed E-state index contributed by atoms with van der Waals surface area (Å²) >= 11 is 6.01. The Morgan fingerprint density at radius 3 is 2.50 bits per heavy atom. The van der Waals surface area contributed by atoms with Crippen LogP contribution in [-0.4, -0.2) is 5.88 Å². The molecular weight excluding hydrogens is 216 g/mol. The first-order valence-electron chi connectivity index (χ1n) is 6.26. The van der Waals surface area contributed by atoms with Crippen molar-refractivity contribution in [3.05, 3.63) is 35.4 Å². The van der Waals surface area contributed by atoms with Crippen LogP contribution in [0.5, 0.6) is 0 Å². The number of hydrogen-bond donors (Lipinski definition) is 0. The van der Waals surface area contributed by atoms with Gasteiger partial charge in [0.2, 0.25) is 0 Å². The van der Waals surface area contributed by atoms with Crippen LogP contribution in [0.3, 0.4) is 0 Å². The van der Waals surface area contributed by atoms with Gasteiger partial charge in [-0.25, -0.2) is 0 Å². The van der Waals surface area contributed by atoms with E-state index in [0.29, 0.717) is 16.7 Å². The van der Waals surface area contributed by atoms with Gasteiger partial charge in [0.1, 0.15) is 0 Å². The second-order valence-corrected chi connectivity index (χ2v) is 6.49. The normalized spacial score (nSPS) is 35.8. The van der Waals surface area contributed by atoms with Crippen molar-refractivity contribution in [2.75, 3.05) is 5.88 Å². The van der Waals surface area contributed by atoms with Gasteiger partial charge in [-0.2, -0.15) is 0 Å². The minimum Gasteiger partial charge on any atom is -0.126 e. The van der Waals surface area contributed by atoms with Crippen molar-refractivity contribution in [3.63, 3.8) is 0 Å². The highest BCUT2D eigenvalue weighted by Gasteiger charge is 2.67. The Morgan fingerprint density at radius 2 is 1.94 bits per heavy atom. The third-order valence-corrected chi connectivity index (χ3v) is 5.16. The third kappa shape index (κ3) is 1.29. The lowest BCUT2D eigenvalue weighted by Gasteiger charge is -2.71. The summed E-state index contributed by atoms with van der Waals surface area (Å²) in [5.74, 6) is 1.49. The van der Waals surface area contributed by atoms with E-state index < -0.39 is 0 Å². The van der Waals surface area contributed by atoms with E-state index in [4.69, 9.17) is 11.6 Å². The van der Waals surface area contributed by atoms with E-state index in [-0.39, 0.29) is 0 Å². The predicted molar refractivity (Wildman–Crippen MR) is 69.2 cm³/mol. The van der Waals surface area contributed by atoms with Gasteiger partial charge in [-0.3, -0.25) is 0 Å². The van der Waals surface area contributed by atoms with Gasteiger partial charge in [0, 0.05) is 5.88 Å². The standard InChI is InChI=1S/C15H19Cl/c1-11(2)12-4-3-5-13(6-12)15-7-14(8-15,9-15)10-16/h3-6,11H,7-10H2,1-2H3. The van der Waals surface area contributed by atoms with E-state index in [1.807, 2.05) is 0 Å². The second kappa shape index (κ2) is 3.26. The monoisotopic (exact) mass is 234 g/mol. The molecule has 0 atom stereocenters. The largest absolute Gasteiger partial charge is 0.126 e. The Labute approximate surface area is 103 Å². The molecule has 0 amide bonds. The summed E-state index contributed by atoms with van der Waals surface area (Å²) in [6.45, 7) is 4.53. The zero-order chi connectivity index (χ0) is 11.4. The minimum atomic E-state index is 0.514. The molecule has 0 heterocycles. The fourth-order valence-electron chi connectivity index (χ4n) is 3.67. The molecule has 0 aliphatic heterocycles. The Balaban J connectivity index is 1.85. The highest BCUT2D eigenvalue weighted by molar-refractivity contribution is 6.18. The second-order valence-electron chi connectivity index (χ2n) is 6.22. The first-order chi connectivity index (χ1) is 7.59. The summed E-state index contributed by atoms with van der Waals surface area (Å²) in [7, 11) is 0. The minimum absolute atomic E-state index is 0.514. The molecule has 1 heteroatoms. The summed E-state index contributed by atoms with van der Waals surface area (Å²) in [4.78, 5) is 0. The van der Waals surface area contributed by atoms with Gasteiger partial charge >= 0.3 is 0 Å². The molecule has 3 saturated carbocycles. The highest BCUT2D eigenvalue weighted by atomic mass is 35.5. The van der Waals surface area contributed by atoms with Gasteiger partial charge in [0.15, 0.2) is 0 Å². The van der Waals surface area contributed by atoms with Crippen molar-refractivity contribution in [1.82, 2.24) is 0 Å². The van der Waals surface area contributed by atoms with Crippen LogP contribution in [-0.2, 0) is 5.41 Å². The molecule has 0 aromatic heterocycles. The molecular formula is C15H19Cl. The van der Waals surface area contributed by atoms with Crippen molar-refractivity contribution in [2.45, 2.75) is 44.4 Å². The summed E-state index contributed by atoms with van der Waals surface area (Å²) in [6.07, 6.45) is 3.97. The van der Waals surface area contributed by atoms with E-state index in [1.54, 1.807) is 5.56 Å². The van der Waals surface area contributed by atoms with Crippen LogP contribution in [0.25, 0.3) is 0 Å². The third-order valence-electron chi connectivity index (χ3n) is 4.59.